The summed E-state index contributed by atoms with van der Waals surface area (Å²) >= 11 is 0. The fourth-order valence-corrected chi connectivity index (χ4v) is 3.21. The van der Waals surface area contributed by atoms with E-state index in [1.807, 2.05) is 0 Å². The molecule has 0 heteroatoms. The van der Waals surface area contributed by atoms with Crippen molar-refractivity contribution in [1.29, 1.82) is 0 Å². The number of rotatable bonds is 2. The third-order valence-corrected chi connectivity index (χ3v) is 4.41. The standard InChI is InChI=1S/C20H22/c1-4-14-7-9-19-16(11-14)13-17-12-15(5-2)8-10-20(17)18(19)6-3/h6-12H,4-5,13H2,1-3H3. The van der Waals surface area contributed by atoms with E-state index in [9.17, 15) is 0 Å². The van der Waals surface area contributed by atoms with Crippen molar-refractivity contribution < 1.29 is 0 Å². The molecule has 0 heterocycles. The number of benzene rings is 2. The van der Waals surface area contributed by atoms with Gasteiger partial charge in [0.2, 0.25) is 0 Å². The van der Waals surface area contributed by atoms with E-state index >= 15 is 0 Å². The molecule has 0 N–H and O–H groups in total. The zero-order valence-electron chi connectivity index (χ0n) is 12.7. The summed E-state index contributed by atoms with van der Waals surface area (Å²) in [4.78, 5) is 0. The van der Waals surface area contributed by atoms with Crippen LogP contribution in [0.4, 0.5) is 0 Å². The molecule has 20 heavy (non-hydrogen) atoms. The SMILES string of the molecule is CC=C1c2ccc(CC)cc2Cc2cc(CC)ccc21. The van der Waals surface area contributed by atoms with Gasteiger partial charge in [-0.2, -0.15) is 0 Å². The Morgan fingerprint density at radius 3 is 1.75 bits per heavy atom. The van der Waals surface area contributed by atoms with Crippen LogP contribution in [0.5, 0.6) is 0 Å². The minimum atomic E-state index is 1.07. The van der Waals surface area contributed by atoms with Gasteiger partial charge in [0.1, 0.15) is 0 Å². The average molecular weight is 262 g/mol. The Morgan fingerprint density at radius 1 is 0.850 bits per heavy atom. The summed E-state index contributed by atoms with van der Waals surface area (Å²) < 4.78 is 0. The van der Waals surface area contributed by atoms with Gasteiger partial charge >= 0.3 is 0 Å². The van der Waals surface area contributed by atoms with E-state index < -0.39 is 0 Å². The molecule has 0 aromatic heterocycles. The number of aryl methyl sites for hydroxylation is 2. The lowest BCUT2D eigenvalue weighted by Crippen LogP contribution is -2.08. The van der Waals surface area contributed by atoms with Gasteiger partial charge in [-0.05, 0) is 65.1 Å². The van der Waals surface area contributed by atoms with Gasteiger partial charge in [0.05, 0.1) is 0 Å². The molecule has 0 saturated heterocycles. The van der Waals surface area contributed by atoms with Crippen LogP contribution >= 0.6 is 0 Å². The zero-order chi connectivity index (χ0) is 14.1. The average Bonchev–Trinajstić information content (AvgIpc) is 2.51. The van der Waals surface area contributed by atoms with Gasteiger partial charge < -0.3 is 0 Å². The minimum absolute atomic E-state index is 1.07. The topological polar surface area (TPSA) is 0 Å². The molecular weight excluding hydrogens is 240 g/mol. The molecule has 0 radical (unpaired) electrons. The maximum absolute atomic E-state index is 2.39. The van der Waals surface area contributed by atoms with Crippen molar-refractivity contribution in [3.63, 3.8) is 0 Å². The summed E-state index contributed by atoms with van der Waals surface area (Å²) in [5, 5.41) is 0. The summed E-state index contributed by atoms with van der Waals surface area (Å²) in [7, 11) is 0. The highest BCUT2D eigenvalue weighted by Crippen LogP contribution is 2.36. The third kappa shape index (κ3) is 2.10. The first-order valence-electron chi connectivity index (χ1n) is 7.67. The summed E-state index contributed by atoms with van der Waals surface area (Å²) in [6.07, 6.45) is 5.55. The van der Waals surface area contributed by atoms with E-state index in [1.165, 1.54) is 39.0 Å². The molecule has 0 bridgehead atoms. The second kappa shape index (κ2) is 5.28. The lowest BCUT2D eigenvalue weighted by atomic mass is 9.80. The van der Waals surface area contributed by atoms with Crippen molar-refractivity contribution in [1.82, 2.24) is 0 Å². The molecule has 0 spiro atoms. The van der Waals surface area contributed by atoms with Gasteiger partial charge in [-0.1, -0.05) is 56.3 Å². The largest absolute Gasteiger partial charge is 0.0792 e. The second-order valence-electron chi connectivity index (χ2n) is 5.57. The van der Waals surface area contributed by atoms with Crippen LogP contribution in [-0.2, 0) is 19.3 Å². The Morgan fingerprint density at radius 2 is 1.35 bits per heavy atom. The van der Waals surface area contributed by atoms with Crippen molar-refractivity contribution in [2.24, 2.45) is 0 Å². The van der Waals surface area contributed by atoms with Crippen LogP contribution in [0.25, 0.3) is 5.57 Å². The van der Waals surface area contributed by atoms with Crippen LogP contribution in [0.3, 0.4) is 0 Å². The van der Waals surface area contributed by atoms with E-state index in [2.05, 4.69) is 63.2 Å². The molecule has 0 amide bonds. The Balaban J connectivity index is 2.16. The summed E-state index contributed by atoms with van der Waals surface area (Å²) in [6, 6.07) is 13.9. The normalized spacial score (nSPS) is 12.8. The summed E-state index contributed by atoms with van der Waals surface area (Å²) in [6.45, 7) is 6.60. The van der Waals surface area contributed by atoms with Crippen molar-refractivity contribution in [2.45, 2.75) is 40.0 Å². The predicted molar refractivity (Wildman–Crippen MR) is 87.2 cm³/mol. The molecule has 0 nitrogen and oxygen atoms in total. The van der Waals surface area contributed by atoms with Crippen molar-refractivity contribution in [3.8, 4) is 0 Å². The monoisotopic (exact) mass is 262 g/mol. The van der Waals surface area contributed by atoms with Crippen molar-refractivity contribution in [3.05, 3.63) is 75.9 Å². The lowest BCUT2D eigenvalue weighted by molar-refractivity contribution is 1.06. The smallest absolute Gasteiger partial charge is 0.00133 e. The van der Waals surface area contributed by atoms with Gasteiger partial charge in [0.25, 0.3) is 0 Å². The molecule has 0 atom stereocenters. The van der Waals surface area contributed by atoms with Crippen molar-refractivity contribution >= 4 is 5.57 Å². The van der Waals surface area contributed by atoms with E-state index in [-0.39, 0.29) is 0 Å². The molecule has 102 valence electrons. The molecule has 2 aromatic rings. The van der Waals surface area contributed by atoms with Crippen LogP contribution in [0, 0.1) is 0 Å². The quantitative estimate of drug-likeness (QED) is 0.598. The maximum atomic E-state index is 2.39. The first-order chi connectivity index (χ1) is 9.76. The Bertz CT molecular complexity index is 619. The highest BCUT2D eigenvalue weighted by molar-refractivity contribution is 5.85. The van der Waals surface area contributed by atoms with Crippen LogP contribution in [-0.4, -0.2) is 0 Å². The number of fused-ring (bicyclic) bond motifs is 2. The highest BCUT2D eigenvalue weighted by atomic mass is 14.2. The van der Waals surface area contributed by atoms with E-state index in [1.54, 1.807) is 0 Å². The Kier molecular flexibility index (Phi) is 3.48. The highest BCUT2D eigenvalue weighted by Gasteiger charge is 2.19. The van der Waals surface area contributed by atoms with Crippen LogP contribution in [0.2, 0.25) is 0 Å². The lowest BCUT2D eigenvalue weighted by Gasteiger charge is -2.24. The molecule has 0 saturated carbocycles. The van der Waals surface area contributed by atoms with Crippen LogP contribution in [0.15, 0.2) is 42.5 Å². The summed E-state index contributed by atoms with van der Waals surface area (Å²) in [5.41, 5.74) is 10.1. The van der Waals surface area contributed by atoms with Gasteiger partial charge in [0.15, 0.2) is 0 Å². The number of allylic oxidation sites excluding steroid dienone is 1. The predicted octanol–water partition coefficient (Wildman–Crippen LogP) is 5.17. The third-order valence-electron chi connectivity index (χ3n) is 4.41. The number of hydrogen-bond acceptors (Lipinski definition) is 0. The Hall–Kier alpha value is -1.82. The van der Waals surface area contributed by atoms with Crippen molar-refractivity contribution in [2.75, 3.05) is 0 Å². The molecule has 1 aliphatic carbocycles. The van der Waals surface area contributed by atoms with Crippen LogP contribution in [0.1, 0.15) is 54.2 Å². The van der Waals surface area contributed by atoms with Crippen LogP contribution < -0.4 is 0 Å². The zero-order valence-corrected chi connectivity index (χ0v) is 12.7. The van der Waals surface area contributed by atoms with Gasteiger partial charge in [0, 0.05) is 0 Å². The maximum Gasteiger partial charge on any atom is -0.00133 e. The minimum Gasteiger partial charge on any atom is -0.0792 e. The molecule has 3 rings (SSSR count). The molecule has 0 unspecified atom stereocenters. The molecule has 2 aromatic carbocycles. The first kappa shape index (κ1) is 13.2. The summed E-state index contributed by atoms with van der Waals surface area (Å²) in [5.74, 6) is 0. The second-order valence-corrected chi connectivity index (χ2v) is 5.57. The van der Waals surface area contributed by atoms with Gasteiger partial charge in [-0.3, -0.25) is 0 Å². The first-order valence-corrected chi connectivity index (χ1v) is 7.67. The van der Waals surface area contributed by atoms with Gasteiger partial charge in [-0.15, -0.1) is 0 Å². The fourth-order valence-electron chi connectivity index (χ4n) is 3.21. The fraction of sp³-hybridized carbons (Fsp3) is 0.300. The molecular formula is C20H22. The van der Waals surface area contributed by atoms with E-state index in [0.29, 0.717) is 0 Å². The molecule has 1 aliphatic rings. The van der Waals surface area contributed by atoms with E-state index in [4.69, 9.17) is 0 Å². The molecule has 0 fully saturated rings. The van der Waals surface area contributed by atoms with E-state index in [0.717, 1.165) is 19.3 Å². The Labute approximate surface area is 122 Å². The molecule has 0 aliphatic heterocycles. The van der Waals surface area contributed by atoms with Gasteiger partial charge in [-0.25, -0.2) is 0 Å². The number of hydrogen-bond donors (Lipinski definition) is 0.